The molecule has 0 saturated carbocycles. The third-order valence-electron chi connectivity index (χ3n) is 3.56. The minimum absolute atomic E-state index is 0. The second kappa shape index (κ2) is 10.5. The molecule has 1 atom stereocenters. The van der Waals surface area contributed by atoms with Crippen molar-refractivity contribution < 1.29 is 21.9 Å². The summed E-state index contributed by atoms with van der Waals surface area (Å²) in [6.45, 7) is -0.453. The molecule has 0 radical (unpaired) electrons. The summed E-state index contributed by atoms with van der Waals surface area (Å²) in [5.41, 5.74) is 0.407. The molecule has 26 heavy (non-hydrogen) atoms. The van der Waals surface area contributed by atoms with E-state index in [0.29, 0.717) is 29.5 Å². The number of guanidine groups is 1. The van der Waals surface area contributed by atoms with Gasteiger partial charge in [-0.15, -0.1) is 24.0 Å². The normalized spacial score (nSPS) is 19.1. The zero-order valence-electron chi connectivity index (χ0n) is 14.0. The van der Waals surface area contributed by atoms with E-state index in [9.17, 15) is 17.2 Å². The summed E-state index contributed by atoms with van der Waals surface area (Å²) in [5, 5.41) is 6.44. The lowest BCUT2D eigenvalue weighted by Crippen LogP contribution is -2.44. The summed E-state index contributed by atoms with van der Waals surface area (Å²) in [4.78, 5) is 4.32. The maximum Gasteiger partial charge on any atom is 0.387 e. The summed E-state index contributed by atoms with van der Waals surface area (Å²) in [6.07, 6.45) is 0.504. The van der Waals surface area contributed by atoms with E-state index in [1.165, 1.54) is 18.2 Å². The Bertz CT molecular complexity index is 735. The van der Waals surface area contributed by atoms with Gasteiger partial charge in [-0.25, -0.2) is 13.4 Å². The largest absolute Gasteiger partial charge is 0.434 e. The number of nitrogens with one attached hydrogen (secondary N) is 2. The number of aliphatic imine (C=N–C) groups is 1. The number of hydrogen-bond acceptors (Lipinski definition) is 4. The van der Waals surface area contributed by atoms with Crippen LogP contribution < -0.4 is 15.4 Å². The van der Waals surface area contributed by atoms with E-state index >= 15 is 0 Å². The van der Waals surface area contributed by atoms with Gasteiger partial charge in [0, 0.05) is 23.2 Å². The molecule has 148 valence electrons. The Morgan fingerprint density at radius 3 is 2.77 bits per heavy atom. The number of hydrogen-bond donors (Lipinski definition) is 2. The molecule has 1 aliphatic rings. The molecular formula is C15H21ClF2IN3O3S. The van der Waals surface area contributed by atoms with Crippen LogP contribution in [0.25, 0.3) is 0 Å². The summed E-state index contributed by atoms with van der Waals surface area (Å²) >= 11 is 5.91. The molecule has 2 rings (SSSR count). The first kappa shape index (κ1) is 23.2. The summed E-state index contributed by atoms with van der Waals surface area (Å²) in [6, 6.07) is 4.11. The van der Waals surface area contributed by atoms with Gasteiger partial charge in [-0.05, 0) is 31.5 Å². The van der Waals surface area contributed by atoms with Crippen LogP contribution in [-0.2, 0) is 16.4 Å². The van der Waals surface area contributed by atoms with Crippen molar-refractivity contribution in [3.8, 4) is 5.75 Å². The minimum atomic E-state index is -3.02. The molecule has 1 saturated heterocycles. The summed E-state index contributed by atoms with van der Waals surface area (Å²) < 4.78 is 52.5. The van der Waals surface area contributed by atoms with E-state index in [-0.39, 0.29) is 53.8 Å². The Morgan fingerprint density at radius 2 is 2.19 bits per heavy atom. The number of halogens is 4. The quantitative estimate of drug-likeness (QED) is 0.341. The predicted molar refractivity (Wildman–Crippen MR) is 109 cm³/mol. The lowest BCUT2D eigenvalue weighted by Gasteiger charge is -2.16. The summed E-state index contributed by atoms with van der Waals surface area (Å²) in [7, 11) is -3.02. The monoisotopic (exact) mass is 523 g/mol. The zero-order chi connectivity index (χ0) is 18.4. The Balaban J connectivity index is 0.00000338. The number of sulfone groups is 1. The molecule has 1 aromatic carbocycles. The smallest absolute Gasteiger partial charge is 0.387 e. The lowest BCUT2D eigenvalue weighted by molar-refractivity contribution is -0.0504. The highest BCUT2D eigenvalue weighted by Crippen LogP contribution is 2.25. The fourth-order valence-corrected chi connectivity index (χ4v) is 4.34. The molecule has 0 bridgehead atoms. The molecular weight excluding hydrogens is 503 g/mol. The fourth-order valence-electron chi connectivity index (χ4n) is 2.47. The van der Waals surface area contributed by atoms with Gasteiger partial charge < -0.3 is 15.4 Å². The van der Waals surface area contributed by atoms with Crippen LogP contribution in [0.4, 0.5) is 8.78 Å². The average Bonchev–Trinajstić information content (AvgIpc) is 2.86. The maximum absolute atomic E-state index is 12.5. The van der Waals surface area contributed by atoms with Crippen molar-refractivity contribution >= 4 is 51.4 Å². The van der Waals surface area contributed by atoms with Crippen LogP contribution in [0, 0.1) is 0 Å². The van der Waals surface area contributed by atoms with Crippen LogP contribution in [0.1, 0.15) is 18.9 Å². The van der Waals surface area contributed by atoms with Crippen molar-refractivity contribution in [2.45, 2.75) is 32.5 Å². The predicted octanol–water partition coefficient (Wildman–Crippen LogP) is 2.80. The fraction of sp³-hybridized carbons (Fsp3) is 0.533. The third-order valence-corrected chi connectivity index (χ3v) is 5.57. The van der Waals surface area contributed by atoms with Gasteiger partial charge in [0.25, 0.3) is 0 Å². The molecule has 1 heterocycles. The van der Waals surface area contributed by atoms with Crippen LogP contribution in [0.15, 0.2) is 23.2 Å². The molecule has 2 N–H and O–H groups in total. The SMILES string of the molecule is CCNC(=NCc1cc(Cl)ccc1OC(F)F)NC1CCS(=O)(=O)C1.I. The van der Waals surface area contributed by atoms with E-state index in [1.807, 2.05) is 6.92 Å². The van der Waals surface area contributed by atoms with Crippen LogP contribution in [-0.4, -0.2) is 45.1 Å². The second-order valence-electron chi connectivity index (χ2n) is 5.57. The van der Waals surface area contributed by atoms with E-state index in [1.54, 1.807) is 0 Å². The Labute approximate surface area is 173 Å². The Morgan fingerprint density at radius 1 is 1.46 bits per heavy atom. The second-order valence-corrected chi connectivity index (χ2v) is 8.24. The van der Waals surface area contributed by atoms with E-state index in [2.05, 4.69) is 20.4 Å². The highest BCUT2D eigenvalue weighted by Gasteiger charge is 2.28. The number of rotatable bonds is 6. The van der Waals surface area contributed by atoms with Crippen molar-refractivity contribution in [3.05, 3.63) is 28.8 Å². The molecule has 1 fully saturated rings. The summed E-state index contributed by atoms with van der Waals surface area (Å²) in [5.74, 6) is 0.606. The van der Waals surface area contributed by atoms with Crippen molar-refractivity contribution in [2.75, 3.05) is 18.1 Å². The van der Waals surface area contributed by atoms with Gasteiger partial charge in [-0.2, -0.15) is 8.78 Å². The molecule has 11 heteroatoms. The van der Waals surface area contributed by atoms with Crippen LogP contribution in [0.5, 0.6) is 5.75 Å². The van der Waals surface area contributed by atoms with Gasteiger partial charge in [0.15, 0.2) is 15.8 Å². The molecule has 0 aromatic heterocycles. The van der Waals surface area contributed by atoms with Crippen molar-refractivity contribution in [1.82, 2.24) is 10.6 Å². The lowest BCUT2D eigenvalue weighted by atomic mass is 10.2. The van der Waals surface area contributed by atoms with Gasteiger partial charge in [0.2, 0.25) is 0 Å². The first-order valence-electron chi connectivity index (χ1n) is 7.77. The number of benzene rings is 1. The molecule has 1 aromatic rings. The zero-order valence-corrected chi connectivity index (χ0v) is 17.9. The number of nitrogens with zero attached hydrogens (tertiary/aromatic N) is 1. The Kier molecular flexibility index (Phi) is 9.31. The van der Waals surface area contributed by atoms with Gasteiger partial charge >= 0.3 is 6.61 Å². The topological polar surface area (TPSA) is 79.8 Å². The molecule has 1 aliphatic heterocycles. The number of ether oxygens (including phenoxy) is 1. The molecule has 0 amide bonds. The first-order chi connectivity index (χ1) is 11.8. The maximum atomic E-state index is 12.5. The molecule has 0 aliphatic carbocycles. The first-order valence-corrected chi connectivity index (χ1v) is 9.97. The molecule has 6 nitrogen and oxygen atoms in total. The van der Waals surface area contributed by atoms with Gasteiger partial charge in [-0.3, -0.25) is 0 Å². The van der Waals surface area contributed by atoms with E-state index in [0.717, 1.165) is 0 Å². The average molecular weight is 524 g/mol. The van der Waals surface area contributed by atoms with Crippen LogP contribution >= 0.6 is 35.6 Å². The number of alkyl halides is 2. The Hall–Kier alpha value is -0.880. The molecule has 0 spiro atoms. The van der Waals surface area contributed by atoms with Gasteiger partial charge in [0.05, 0.1) is 18.1 Å². The van der Waals surface area contributed by atoms with Crippen LogP contribution in [0.2, 0.25) is 5.02 Å². The molecule has 1 unspecified atom stereocenters. The minimum Gasteiger partial charge on any atom is -0.434 e. The standard InChI is InChI=1S/C15H20ClF2N3O3S.HI/c1-2-19-15(21-12-5-6-25(22,23)9-12)20-8-10-7-11(16)3-4-13(10)24-14(17)18;/h3-4,7,12,14H,2,5-6,8-9H2,1H3,(H2,19,20,21);1H. The van der Waals surface area contributed by atoms with E-state index < -0.39 is 16.4 Å². The van der Waals surface area contributed by atoms with Crippen LogP contribution in [0.3, 0.4) is 0 Å². The van der Waals surface area contributed by atoms with Gasteiger partial charge in [-0.1, -0.05) is 11.6 Å². The van der Waals surface area contributed by atoms with Crippen molar-refractivity contribution in [1.29, 1.82) is 0 Å². The van der Waals surface area contributed by atoms with Gasteiger partial charge in [0.1, 0.15) is 5.75 Å². The third kappa shape index (κ3) is 7.39. The van der Waals surface area contributed by atoms with Crippen molar-refractivity contribution in [2.24, 2.45) is 4.99 Å². The van der Waals surface area contributed by atoms with E-state index in [4.69, 9.17) is 11.6 Å². The van der Waals surface area contributed by atoms with Crippen molar-refractivity contribution in [3.63, 3.8) is 0 Å². The highest BCUT2D eigenvalue weighted by molar-refractivity contribution is 14.0. The highest BCUT2D eigenvalue weighted by atomic mass is 127.